The number of sulfonamides is 1. The molecular weight excluding hydrogens is 554 g/mol. The summed E-state index contributed by atoms with van der Waals surface area (Å²) < 4.78 is 32.4. The lowest BCUT2D eigenvalue weighted by Gasteiger charge is -2.31. The maximum Gasteiger partial charge on any atom is 0.333 e. The second-order valence-electron chi connectivity index (χ2n) is 10.6. The largest absolute Gasteiger partial charge is 0.492 e. The number of benzene rings is 4. The third-order valence-corrected chi connectivity index (χ3v) is 8.53. The summed E-state index contributed by atoms with van der Waals surface area (Å²) in [5.41, 5.74) is 6.03. The van der Waals surface area contributed by atoms with Crippen LogP contribution in [0.1, 0.15) is 43.6 Å². The van der Waals surface area contributed by atoms with E-state index < -0.39 is 38.9 Å². The molecule has 0 heterocycles. The first-order valence-electron chi connectivity index (χ1n) is 13.3. The standard InChI is InChI=1S/C32H33N3O6S/c1-6-42(39,40)35(31(33)38)27-20-22(32(2,3)4)19-26(29(27)41-5)34(23-15-8-7-9-16-23)30(37)28(36)25-18-12-14-21-13-10-11-17-24(21)25/h7-20H,6H2,1-5H3,(H2,33,38). The van der Waals surface area contributed by atoms with Gasteiger partial charge in [-0.2, -0.15) is 4.31 Å². The Balaban J connectivity index is 2.06. The summed E-state index contributed by atoms with van der Waals surface area (Å²) in [6.07, 6.45) is 0. The molecule has 0 bridgehead atoms. The van der Waals surface area contributed by atoms with E-state index in [9.17, 15) is 22.8 Å². The van der Waals surface area contributed by atoms with E-state index in [1.54, 1.807) is 60.7 Å². The van der Waals surface area contributed by atoms with E-state index in [0.29, 0.717) is 20.9 Å². The van der Waals surface area contributed by atoms with E-state index in [4.69, 9.17) is 10.5 Å². The molecule has 0 aromatic heterocycles. The summed E-state index contributed by atoms with van der Waals surface area (Å²) in [6.45, 7) is 7.05. The molecule has 0 aliphatic rings. The van der Waals surface area contributed by atoms with E-state index in [1.165, 1.54) is 25.0 Å². The molecule has 4 aromatic rings. The molecule has 0 unspecified atom stereocenters. The molecule has 2 N–H and O–H groups in total. The fourth-order valence-electron chi connectivity index (χ4n) is 4.68. The maximum atomic E-state index is 14.3. The number of amides is 3. The number of hydrogen-bond donors (Lipinski definition) is 1. The van der Waals surface area contributed by atoms with Crippen molar-refractivity contribution >= 4 is 55.6 Å². The van der Waals surface area contributed by atoms with Gasteiger partial charge >= 0.3 is 11.9 Å². The molecule has 0 saturated heterocycles. The van der Waals surface area contributed by atoms with Crippen LogP contribution in [0.4, 0.5) is 21.9 Å². The fraction of sp³-hybridized carbons (Fsp3) is 0.219. The van der Waals surface area contributed by atoms with Gasteiger partial charge in [-0.05, 0) is 52.9 Å². The van der Waals surface area contributed by atoms with Crippen LogP contribution in [0.3, 0.4) is 0 Å². The number of carbonyl (C=O) groups excluding carboxylic acids is 3. The minimum atomic E-state index is -4.21. The highest BCUT2D eigenvalue weighted by Crippen LogP contribution is 2.45. The molecule has 0 radical (unpaired) electrons. The van der Waals surface area contributed by atoms with E-state index in [-0.39, 0.29) is 22.7 Å². The van der Waals surface area contributed by atoms with Gasteiger partial charge in [0.25, 0.3) is 5.78 Å². The second kappa shape index (κ2) is 11.7. The first-order valence-corrected chi connectivity index (χ1v) is 14.9. The fourth-order valence-corrected chi connectivity index (χ4v) is 5.64. The first kappa shape index (κ1) is 30.3. The molecule has 0 aliphatic heterocycles. The topological polar surface area (TPSA) is 127 Å². The van der Waals surface area contributed by atoms with Gasteiger partial charge in [0.2, 0.25) is 10.0 Å². The Labute approximate surface area is 245 Å². The Morgan fingerprint density at radius 2 is 1.45 bits per heavy atom. The maximum absolute atomic E-state index is 14.3. The molecule has 42 heavy (non-hydrogen) atoms. The smallest absolute Gasteiger partial charge is 0.333 e. The van der Waals surface area contributed by atoms with Crippen molar-refractivity contribution in [2.24, 2.45) is 5.73 Å². The number of methoxy groups -OCH3 is 1. The second-order valence-corrected chi connectivity index (χ2v) is 12.7. The zero-order chi connectivity index (χ0) is 30.8. The number of urea groups is 1. The highest BCUT2D eigenvalue weighted by atomic mass is 32.2. The minimum absolute atomic E-state index is 0.0715. The molecule has 0 atom stereocenters. The average molecular weight is 588 g/mol. The Morgan fingerprint density at radius 3 is 2.05 bits per heavy atom. The number of carbonyl (C=O) groups is 3. The number of Topliss-reactive ketones (excluding diaryl/α,β-unsaturated/α-hetero) is 1. The van der Waals surface area contributed by atoms with Gasteiger partial charge in [-0.3, -0.25) is 14.5 Å². The average Bonchev–Trinajstić information content (AvgIpc) is 2.96. The molecule has 9 nitrogen and oxygen atoms in total. The molecule has 4 rings (SSSR count). The third-order valence-electron chi connectivity index (χ3n) is 6.87. The van der Waals surface area contributed by atoms with E-state index in [0.717, 1.165) is 5.39 Å². The monoisotopic (exact) mass is 587 g/mol. The van der Waals surface area contributed by atoms with E-state index in [1.807, 2.05) is 39.0 Å². The number of primary amides is 1. The zero-order valence-electron chi connectivity index (χ0n) is 24.1. The highest BCUT2D eigenvalue weighted by Gasteiger charge is 2.36. The lowest BCUT2D eigenvalue weighted by Crippen LogP contribution is -2.42. The van der Waals surface area contributed by atoms with Gasteiger partial charge in [0.15, 0.2) is 5.75 Å². The predicted octanol–water partition coefficient (Wildman–Crippen LogP) is 5.93. The van der Waals surface area contributed by atoms with E-state index >= 15 is 0 Å². The lowest BCUT2D eigenvalue weighted by atomic mass is 9.86. The summed E-state index contributed by atoms with van der Waals surface area (Å²) >= 11 is 0. The number of nitrogens with zero attached hydrogens (tertiary/aromatic N) is 2. The molecule has 0 fully saturated rings. The number of hydrogen-bond acceptors (Lipinski definition) is 6. The summed E-state index contributed by atoms with van der Waals surface area (Å²) in [4.78, 5) is 42.0. The van der Waals surface area contributed by atoms with Crippen LogP contribution in [0.25, 0.3) is 10.8 Å². The predicted molar refractivity (Wildman–Crippen MR) is 165 cm³/mol. The van der Waals surface area contributed by atoms with Gasteiger partial charge in [0, 0.05) is 11.3 Å². The van der Waals surface area contributed by atoms with Gasteiger partial charge in [0.05, 0.1) is 18.6 Å². The molecule has 0 saturated carbocycles. The van der Waals surface area contributed by atoms with Crippen LogP contribution in [-0.2, 0) is 20.2 Å². The summed E-state index contributed by atoms with van der Waals surface area (Å²) in [6, 6.07) is 22.7. The van der Waals surface area contributed by atoms with E-state index in [2.05, 4.69) is 0 Å². The number of para-hydroxylation sites is 1. The Morgan fingerprint density at radius 1 is 0.857 bits per heavy atom. The quantitative estimate of drug-likeness (QED) is 0.201. The van der Waals surface area contributed by atoms with Crippen LogP contribution >= 0.6 is 0 Å². The van der Waals surface area contributed by atoms with Crippen molar-refractivity contribution in [1.82, 2.24) is 0 Å². The molecular formula is C32H33N3O6S. The van der Waals surface area contributed by atoms with Crippen molar-refractivity contribution in [3.63, 3.8) is 0 Å². The highest BCUT2D eigenvalue weighted by molar-refractivity contribution is 7.93. The van der Waals surface area contributed by atoms with Crippen LogP contribution in [0, 0.1) is 0 Å². The Kier molecular flexibility index (Phi) is 8.40. The summed E-state index contributed by atoms with van der Waals surface area (Å²) in [7, 11) is -2.92. The zero-order valence-corrected chi connectivity index (χ0v) is 24.9. The number of anilines is 3. The van der Waals surface area contributed by atoms with Gasteiger partial charge in [0.1, 0.15) is 5.69 Å². The number of ether oxygens (including phenoxy) is 1. The van der Waals surface area contributed by atoms with Crippen LogP contribution in [0.2, 0.25) is 0 Å². The van der Waals surface area contributed by atoms with Gasteiger partial charge in [-0.25, -0.2) is 13.2 Å². The minimum Gasteiger partial charge on any atom is -0.492 e. The Hall–Kier alpha value is -4.70. The molecule has 3 amide bonds. The van der Waals surface area contributed by atoms with Gasteiger partial charge < -0.3 is 10.5 Å². The molecule has 0 aliphatic carbocycles. The van der Waals surface area contributed by atoms with Crippen molar-refractivity contribution in [2.45, 2.75) is 33.1 Å². The first-order chi connectivity index (χ1) is 19.8. The third kappa shape index (κ3) is 5.71. The van der Waals surface area contributed by atoms with Crippen LogP contribution in [0.15, 0.2) is 84.9 Å². The molecule has 10 heteroatoms. The number of fused-ring (bicyclic) bond motifs is 1. The molecule has 0 spiro atoms. The van der Waals surface area contributed by atoms with Gasteiger partial charge in [-0.15, -0.1) is 0 Å². The SMILES string of the molecule is CCS(=O)(=O)N(C(N)=O)c1cc(C(C)(C)C)cc(N(C(=O)C(=O)c2cccc3ccccc23)c2ccccc2)c1OC. The molecule has 4 aromatic carbocycles. The summed E-state index contributed by atoms with van der Waals surface area (Å²) in [5, 5.41) is 1.40. The number of nitrogens with two attached hydrogens (primary N) is 1. The van der Waals surface area contributed by atoms with Crippen molar-refractivity contribution in [1.29, 1.82) is 0 Å². The normalized spacial score (nSPS) is 11.6. The Bertz CT molecular complexity index is 1770. The van der Waals surface area contributed by atoms with Crippen LogP contribution in [-0.4, -0.2) is 39.0 Å². The lowest BCUT2D eigenvalue weighted by molar-refractivity contribution is -0.114. The van der Waals surface area contributed by atoms with Crippen molar-refractivity contribution in [3.05, 3.63) is 96.1 Å². The number of ketones is 1. The van der Waals surface area contributed by atoms with Crippen LogP contribution < -0.4 is 19.7 Å². The molecule has 218 valence electrons. The number of rotatable bonds is 8. The van der Waals surface area contributed by atoms with Crippen molar-refractivity contribution in [3.8, 4) is 5.75 Å². The van der Waals surface area contributed by atoms with Crippen molar-refractivity contribution < 1.29 is 27.5 Å². The summed E-state index contributed by atoms with van der Waals surface area (Å²) in [5.74, 6) is -2.23. The van der Waals surface area contributed by atoms with Crippen LogP contribution in [0.5, 0.6) is 5.75 Å². The van der Waals surface area contributed by atoms with Crippen molar-refractivity contribution in [2.75, 3.05) is 22.1 Å². The van der Waals surface area contributed by atoms with Gasteiger partial charge in [-0.1, -0.05) is 81.4 Å².